The number of benzene rings is 1. The number of aliphatic hydroxyl groups excluding tert-OH is 1. The van der Waals surface area contributed by atoms with Crippen molar-refractivity contribution in [2.45, 2.75) is 94.0 Å². The molecule has 7 heteroatoms. The second kappa shape index (κ2) is 10.4. The van der Waals surface area contributed by atoms with Crippen LogP contribution in [0.3, 0.4) is 0 Å². The summed E-state index contributed by atoms with van der Waals surface area (Å²) in [5.41, 5.74) is 9.37. The Bertz CT molecular complexity index is 1040. The van der Waals surface area contributed by atoms with Crippen LogP contribution in [0.15, 0.2) is 28.5 Å². The van der Waals surface area contributed by atoms with E-state index in [-0.39, 0.29) is 24.7 Å². The van der Waals surface area contributed by atoms with Gasteiger partial charge >= 0.3 is 5.97 Å². The van der Waals surface area contributed by atoms with Crippen LogP contribution in [0, 0.1) is 12.8 Å². The predicted octanol–water partition coefficient (Wildman–Crippen LogP) is 5.79. The lowest BCUT2D eigenvalue weighted by atomic mass is 9.78. The molecule has 0 radical (unpaired) electrons. The zero-order valence-corrected chi connectivity index (χ0v) is 21.9. The summed E-state index contributed by atoms with van der Waals surface area (Å²) in [5, 5.41) is 10.7. The predicted molar refractivity (Wildman–Crippen MR) is 138 cm³/mol. The van der Waals surface area contributed by atoms with E-state index in [1.54, 1.807) is 0 Å². The van der Waals surface area contributed by atoms with Crippen LogP contribution < -0.4 is 5.73 Å². The molecule has 2 atom stereocenters. The highest BCUT2D eigenvalue weighted by molar-refractivity contribution is 8.01. The van der Waals surface area contributed by atoms with Gasteiger partial charge in [0.1, 0.15) is 5.60 Å². The summed E-state index contributed by atoms with van der Waals surface area (Å²) in [4.78, 5) is 28.6. The summed E-state index contributed by atoms with van der Waals surface area (Å²) >= 11 is 2.86. The number of anilines is 1. The van der Waals surface area contributed by atoms with Gasteiger partial charge in [0.25, 0.3) is 0 Å². The van der Waals surface area contributed by atoms with E-state index in [2.05, 4.69) is 0 Å². The van der Waals surface area contributed by atoms with Crippen LogP contribution in [0.5, 0.6) is 0 Å². The fraction of sp³-hybridized carbons (Fsp3) is 0.556. The van der Waals surface area contributed by atoms with E-state index in [1.807, 2.05) is 44.4 Å². The fourth-order valence-corrected chi connectivity index (χ4v) is 7.26. The Balaban J connectivity index is 1.54. The molecule has 4 rings (SSSR count). The first-order chi connectivity index (χ1) is 16.2. The molecule has 1 saturated carbocycles. The van der Waals surface area contributed by atoms with Gasteiger partial charge in [0.2, 0.25) is 0 Å². The van der Waals surface area contributed by atoms with E-state index in [1.165, 1.54) is 41.5 Å². The molecule has 2 heterocycles. The van der Waals surface area contributed by atoms with Crippen LogP contribution in [0.4, 0.5) is 5.69 Å². The van der Waals surface area contributed by atoms with E-state index < -0.39 is 16.8 Å². The number of nitrogens with two attached hydrogens (primary N) is 1. The Labute approximate surface area is 210 Å². The van der Waals surface area contributed by atoms with Crippen molar-refractivity contribution in [3.8, 4) is 0 Å². The Morgan fingerprint density at radius 2 is 2.00 bits per heavy atom. The number of esters is 1. The maximum atomic E-state index is 13.4. The number of thiophene rings is 1. The van der Waals surface area contributed by atoms with Crippen LogP contribution >= 0.6 is 23.1 Å². The molecule has 2 unspecified atom stereocenters. The molecule has 2 fully saturated rings. The number of hydrogen-bond acceptors (Lipinski definition) is 7. The van der Waals surface area contributed by atoms with Gasteiger partial charge in [-0.15, -0.1) is 23.1 Å². The molecule has 5 nitrogen and oxygen atoms in total. The molecule has 0 amide bonds. The van der Waals surface area contributed by atoms with Crippen molar-refractivity contribution in [2.75, 3.05) is 5.73 Å². The molecule has 1 aromatic carbocycles. The minimum Gasteiger partial charge on any atom is -0.457 e. The van der Waals surface area contributed by atoms with Crippen LogP contribution in [0.2, 0.25) is 0 Å². The number of Topliss-reactive ketones (excluding diaryl/α,β-unsaturated/α-hetero) is 1. The molecule has 184 valence electrons. The van der Waals surface area contributed by atoms with Crippen molar-refractivity contribution in [1.82, 2.24) is 0 Å². The normalized spacial score (nSPS) is 23.6. The number of aliphatic hydroxyl groups is 1. The average molecular weight is 502 g/mol. The highest BCUT2D eigenvalue weighted by Crippen LogP contribution is 2.45. The van der Waals surface area contributed by atoms with E-state index in [9.17, 15) is 14.7 Å². The number of hydrogen-bond donors (Lipinski definition) is 2. The topological polar surface area (TPSA) is 89.6 Å². The number of aryl methyl sites for hydroxylation is 2. The largest absolute Gasteiger partial charge is 0.457 e. The highest BCUT2D eigenvalue weighted by Gasteiger charge is 2.49. The maximum Gasteiger partial charge on any atom is 0.327 e. The number of rotatable bonds is 8. The van der Waals surface area contributed by atoms with Crippen molar-refractivity contribution in [3.05, 3.63) is 45.1 Å². The number of carbonyl (C=O) groups is 2. The molecular formula is C27H35NO4S2. The summed E-state index contributed by atoms with van der Waals surface area (Å²) in [6.07, 6.45) is 6.09. The van der Waals surface area contributed by atoms with Gasteiger partial charge in [0.15, 0.2) is 11.0 Å². The van der Waals surface area contributed by atoms with Crippen LogP contribution in [0.25, 0.3) is 0 Å². The lowest BCUT2D eigenvalue weighted by molar-refractivity contribution is -0.176. The third kappa shape index (κ3) is 5.07. The number of nitrogen functional groups attached to an aromatic ring is 1. The number of carbonyl (C=O) groups excluding carboxylic acids is 2. The van der Waals surface area contributed by atoms with E-state index in [4.69, 9.17) is 10.5 Å². The van der Waals surface area contributed by atoms with Crippen molar-refractivity contribution < 1.29 is 19.4 Å². The molecule has 2 aromatic rings. The first kappa shape index (κ1) is 25.3. The summed E-state index contributed by atoms with van der Waals surface area (Å²) in [7, 11) is 0. The molecular weight excluding hydrogens is 466 g/mol. The van der Waals surface area contributed by atoms with Gasteiger partial charge in [-0.05, 0) is 84.7 Å². The Kier molecular flexibility index (Phi) is 7.75. The highest BCUT2D eigenvalue weighted by atomic mass is 32.2. The number of ketones is 1. The van der Waals surface area contributed by atoms with E-state index >= 15 is 0 Å². The van der Waals surface area contributed by atoms with Gasteiger partial charge in [-0.2, -0.15) is 0 Å². The quantitative estimate of drug-likeness (QED) is 0.270. The van der Waals surface area contributed by atoms with E-state index in [0.29, 0.717) is 18.8 Å². The zero-order valence-electron chi connectivity index (χ0n) is 20.3. The minimum atomic E-state index is -0.843. The first-order valence-electron chi connectivity index (χ1n) is 12.2. The van der Waals surface area contributed by atoms with Gasteiger partial charge < -0.3 is 15.6 Å². The molecule has 34 heavy (non-hydrogen) atoms. The van der Waals surface area contributed by atoms with Crippen molar-refractivity contribution in [3.63, 3.8) is 0 Å². The van der Waals surface area contributed by atoms with Crippen molar-refractivity contribution in [2.24, 2.45) is 5.92 Å². The maximum absolute atomic E-state index is 13.4. The standard InChI is InChI=1S/C27H35NO4S2/c1-16(2)27(10-8-19-9-11-33-24(19)15-29)14-22(30)25(26(31)32-27)34-23-12-17(3)21(28)13-20(23)18-6-4-5-7-18/h9,11-13,16,18,25,29H,4-8,10,14-15,28H2,1-3H3. The first-order valence-corrected chi connectivity index (χ1v) is 14.0. The van der Waals surface area contributed by atoms with Crippen LogP contribution in [-0.2, 0) is 27.4 Å². The summed E-state index contributed by atoms with van der Waals surface area (Å²) in [6.45, 7) is 5.99. The number of ether oxygens (including phenoxy) is 1. The minimum absolute atomic E-state index is 0.00342. The van der Waals surface area contributed by atoms with Gasteiger partial charge in [-0.25, -0.2) is 0 Å². The summed E-state index contributed by atoms with van der Waals surface area (Å²) in [5.74, 6) is -0.0550. The second-order valence-electron chi connectivity index (χ2n) is 10.0. The number of thioether (sulfide) groups is 1. The second-order valence-corrected chi connectivity index (χ2v) is 12.2. The molecule has 1 saturated heterocycles. The lowest BCUT2D eigenvalue weighted by Crippen LogP contribution is -2.52. The Hall–Kier alpha value is -1.83. The molecule has 1 aromatic heterocycles. The monoisotopic (exact) mass is 501 g/mol. The number of cyclic esters (lactones) is 1. The smallest absolute Gasteiger partial charge is 0.327 e. The molecule has 0 bridgehead atoms. The molecule has 3 N–H and O–H groups in total. The molecule has 1 aliphatic carbocycles. The third-order valence-electron chi connectivity index (χ3n) is 7.57. The van der Waals surface area contributed by atoms with E-state index in [0.717, 1.165) is 39.4 Å². The molecule has 0 spiro atoms. The summed E-state index contributed by atoms with van der Waals surface area (Å²) < 4.78 is 6.12. The zero-order chi connectivity index (χ0) is 24.5. The third-order valence-corrected chi connectivity index (χ3v) is 9.82. The van der Waals surface area contributed by atoms with Crippen molar-refractivity contribution in [1.29, 1.82) is 0 Å². The SMILES string of the molecule is Cc1cc(SC2C(=O)CC(CCc3ccsc3CO)(C(C)C)OC2=O)c(C2CCCC2)cc1N. The molecule has 1 aliphatic heterocycles. The summed E-state index contributed by atoms with van der Waals surface area (Å²) in [6, 6.07) is 6.08. The Morgan fingerprint density at radius 3 is 2.65 bits per heavy atom. The van der Waals surface area contributed by atoms with Gasteiger partial charge in [0.05, 0.1) is 6.61 Å². The average Bonchev–Trinajstić information content (AvgIpc) is 3.48. The Morgan fingerprint density at radius 1 is 1.26 bits per heavy atom. The fourth-order valence-electron chi connectivity index (χ4n) is 5.25. The van der Waals surface area contributed by atoms with Gasteiger partial charge in [-0.1, -0.05) is 26.7 Å². The van der Waals surface area contributed by atoms with Crippen LogP contribution in [-0.4, -0.2) is 27.7 Å². The lowest BCUT2D eigenvalue weighted by Gasteiger charge is -2.41. The molecule has 2 aliphatic rings. The van der Waals surface area contributed by atoms with Gasteiger partial charge in [0, 0.05) is 21.9 Å². The van der Waals surface area contributed by atoms with Gasteiger partial charge in [-0.3, -0.25) is 9.59 Å². The van der Waals surface area contributed by atoms with Crippen molar-refractivity contribution >= 4 is 40.5 Å². The van der Waals surface area contributed by atoms with Crippen LogP contribution in [0.1, 0.15) is 79.9 Å².